The minimum Gasteiger partial charge on any atom is -0.481 e. The maximum absolute atomic E-state index is 10.7. The molecule has 4 heteroatoms. The molecule has 16 heavy (non-hydrogen) atoms. The van der Waals surface area contributed by atoms with Gasteiger partial charge in [-0.3, -0.25) is 4.79 Å². The van der Waals surface area contributed by atoms with Gasteiger partial charge in [-0.1, -0.05) is 27.2 Å². The molecule has 0 aromatic carbocycles. The second-order valence-corrected chi connectivity index (χ2v) is 5.84. The molecule has 0 aliphatic heterocycles. The number of hydrogen-bond donors (Lipinski definition) is 1. The van der Waals surface area contributed by atoms with E-state index < -0.39 is 5.97 Å². The number of nitrogens with zero attached hydrogens (tertiary/aromatic N) is 1. The fraction of sp³-hybridized carbons (Fsp3) is 0.667. The number of carboxylic acid groups (broad SMARTS) is 1. The summed E-state index contributed by atoms with van der Waals surface area (Å²) in [5.74, 6) is -0.740. The van der Waals surface area contributed by atoms with Gasteiger partial charge in [0.15, 0.2) is 0 Å². The van der Waals surface area contributed by atoms with Crippen molar-refractivity contribution in [1.82, 2.24) is 4.98 Å². The van der Waals surface area contributed by atoms with Crippen molar-refractivity contribution in [2.45, 2.75) is 46.5 Å². The van der Waals surface area contributed by atoms with E-state index in [1.165, 1.54) is 0 Å². The summed E-state index contributed by atoms with van der Waals surface area (Å²) in [6.45, 7) is 6.08. The van der Waals surface area contributed by atoms with Crippen molar-refractivity contribution in [3.8, 4) is 0 Å². The number of aryl methyl sites for hydroxylation is 1. The minimum atomic E-state index is -0.740. The van der Waals surface area contributed by atoms with Crippen LogP contribution in [-0.4, -0.2) is 16.1 Å². The minimum absolute atomic E-state index is 0.190. The van der Waals surface area contributed by atoms with Crippen molar-refractivity contribution in [2.24, 2.45) is 5.41 Å². The average Bonchev–Trinajstić information content (AvgIpc) is 2.49. The molecule has 0 fully saturated rings. The summed E-state index contributed by atoms with van der Waals surface area (Å²) in [7, 11) is 0. The lowest BCUT2D eigenvalue weighted by Crippen LogP contribution is -2.19. The predicted octanol–water partition coefficient (Wildman–Crippen LogP) is 3.14. The normalized spacial score (nSPS) is 11.7. The quantitative estimate of drug-likeness (QED) is 0.832. The van der Waals surface area contributed by atoms with Gasteiger partial charge in [-0.05, 0) is 11.8 Å². The van der Waals surface area contributed by atoms with Gasteiger partial charge in [0.25, 0.3) is 0 Å². The highest BCUT2D eigenvalue weighted by atomic mass is 32.1. The second-order valence-electron chi connectivity index (χ2n) is 4.89. The van der Waals surface area contributed by atoms with Crippen LogP contribution in [0, 0.1) is 5.41 Å². The number of thiazole rings is 1. The Bertz CT molecular complexity index is 358. The van der Waals surface area contributed by atoms with E-state index in [0.717, 1.165) is 30.0 Å². The molecule has 0 amide bonds. The van der Waals surface area contributed by atoms with Crippen LogP contribution in [0.15, 0.2) is 5.38 Å². The summed E-state index contributed by atoms with van der Waals surface area (Å²) in [5.41, 5.74) is 0.918. The first-order valence-electron chi connectivity index (χ1n) is 5.58. The molecule has 90 valence electrons. The van der Waals surface area contributed by atoms with Crippen LogP contribution in [0.1, 0.15) is 44.3 Å². The van der Waals surface area contributed by atoms with Gasteiger partial charge in [-0.15, -0.1) is 11.3 Å². The number of rotatable bonds is 6. The Labute approximate surface area is 101 Å². The highest BCUT2D eigenvalue weighted by Gasteiger charge is 2.23. The molecular formula is C12H19NO2S. The number of carbonyl (C=O) groups is 1. The summed E-state index contributed by atoms with van der Waals surface area (Å²) in [5, 5.41) is 11.9. The Morgan fingerprint density at radius 2 is 2.25 bits per heavy atom. The summed E-state index contributed by atoms with van der Waals surface area (Å²) in [4.78, 5) is 15.2. The fourth-order valence-corrected chi connectivity index (χ4v) is 2.77. The zero-order valence-electron chi connectivity index (χ0n) is 10.1. The highest BCUT2D eigenvalue weighted by Crippen LogP contribution is 2.27. The molecule has 1 aromatic heterocycles. The maximum atomic E-state index is 10.7. The molecule has 0 unspecified atom stereocenters. The zero-order valence-corrected chi connectivity index (χ0v) is 10.9. The van der Waals surface area contributed by atoms with E-state index in [2.05, 4.69) is 17.3 Å². The smallest absolute Gasteiger partial charge is 0.303 e. The third kappa shape index (κ3) is 4.31. The van der Waals surface area contributed by atoms with Crippen molar-refractivity contribution in [3.63, 3.8) is 0 Å². The van der Waals surface area contributed by atoms with Crippen molar-refractivity contribution in [2.75, 3.05) is 0 Å². The standard InChI is InChI=1S/C12H19NO2S/c1-4-5-9-8-16-10(13-9)6-12(2,3)7-11(14)15/h8H,4-7H2,1-3H3,(H,14,15). The van der Waals surface area contributed by atoms with E-state index in [-0.39, 0.29) is 11.8 Å². The molecule has 1 rings (SSSR count). The van der Waals surface area contributed by atoms with Gasteiger partial charge in [0.2, 0.25) is 0 Å². The largest absolute Gasteiger partial charge is 0.481 e. The van der Waals surface area contributed by atoms with Crippen molar-refractivity contribution in [3.05, 3.63) is 16.1 Å². The van der Waals surface area contributed by atoms with E-state index in [1.807, 2.05) is 13.8 Å². The molecule has 3 nitrogen and oxygen atoms in total. The monoisotopic (exact) mass is 241 g/mol. The van der Waals surface area contributed by atoms with E-state index in [4.69, 9.17) is 5.11 Å². The number of carboxylic acids is 1. The molecule has 0 aliphatic rings. The highest BCUT2D eigenvalue weighted by molar-refractivity contribution is 7.09. The lowest BCUT2D eigenvalue weighted by molar-refractivity contribution is -0.139. The van der Waals surface area contributed by atoms with Crippen LogP contribution in [0.4, 0.5) is 0 Å². The lowest BCUT2D eigenvalue weighted by atomic mass is 9.86. The Kier molecular flexibility index (Phi) is 4.47. The molecule has 0 radical (unpaired) electrons. The van der Waals surface area contributed by atoms with Crippen LogP contribution in [-0.2, 0) is 17.6 Å². The third-order valence-electron chi connectivity index (χ3n) is 2.37. The average molecular weight is 241 g/mol. The summed E-state index contributed by atoms with van der Waals surface area (Å²) >= 11 is 1.64. The molecule has 0 aliphatic carbocycles. The molecule has 1 aromatic rings. The molecule has 0 bridgehead atoms. The maximum Gasteiger partial charge on any atom is 0.303 e. The first-order valence-corrected chi connectivity index (χ1v) is 6.46. The summed E-state index contributed by atoms with van der Waals surface area (Å²) in [6, 6.07) is 0. The van der Waals surface area contributed by atoms with E-state index in [1.54, 1.807) is 11.3 Å². The van der Waals surface area contributed by atoms with E-state index in [9.17, 15) is 4.79 Å². The first kappa shape index (κ1) is 13.2. The Morgan fingerprint density at radius 1 is 1.56 bits per heavy atom. The van der Waals surface area contributed by atoms with Crippen LogP contribution < -0.4 is 0 Å². The number of aliphatic carboxylic acids is 1. The molecule has 1 heterocycles. The van der Waals surface area contributed by atoms with Crippen LogP contribution in [0.25, 0.3) is 0 Å². The fourth-order valence-electron chi connectivity index (χ4n) is 1.68. The van der Waals surface area contributed by atoms with Crippen LogP contribution >= 0.6 is 11.3 Å². The van der Waals surface area contributed by atoms with Crippen LogP contribution in [0.2, 0.25) is 0 Å². The van der Waals surface area contributed by atoms with E-state index in [0.29, 0.717) is 0 Å². The van der Waals surface area contributed by atoms with Gasteiger partial charge < -0.3 is 5.11 Å². The third-order valence-corrected chi connectivity index (χ3v) is 3.26. The summed E-state index contributed by atoms with van der Waals surface area (Å²) < 4.78 is 0. The molecular weight excluding hydrogens is 222 g/mol. The van der Waals surface area contributed by atoms with Crippen molar-refractivity contribution >= 4 is 17.3 Å². The van der Waals surface area contributed by atoms with Gasteiger partial charge >= 0.3 is 5.97 Å². The lowest BCUT2D eigenvalue weighted by Gasteiger charge is -2.20. The Morgan fingerprint density at radius 3 is 2.81 bits per heavy atom. The van der Waals surface area contributed by atoms with Gasteiger partial charge in [-0.25, -0.2) is 4.98 Å². The van der Waals surface area contributed by atoms with Gasteiger partial charge in [-0.2, -0.15) is 0 Å². The van der Waals surface area contributed by atoms with E-state index >= 15 is 0 Å². The zero-order chi connectivity index (χ0) is 12.2. The van der Waals surface area contributed by atoms with Crippen LogP contribution in [0.5, 0.6) is 0 Å². The summed E-state index contributed by atoms with van der Waals surface area (Å²) in [6.07, 6.45) is 3.04. The Balaban J connectivity index is 2.61. The number of hydrogen-bond acceptors (Lipinski definition) is 3. The van der Waals surface area contributed by atoms with Gasteiger partial charge in [0.05, 0.1) is 17.1 Å². The topological polar surface area (TPSA) is 50.2 Å². The van der Waals surface area contributed by atoms with Crippen molar-refractivity contribution in [1.29, 1.82) is 0 Å². The second kappa shape index (κ2) is 5.43. The van der Waals surface area contributed by atoms with Crippen LogP contribution in [0.3, 0.4) is 0 Å². The predicted molar refractivity (Wildman–Crippen MR) is 65.8 cm³/mol. The SMILES string of the molecule is CCCc1csc(CC(C)(C)CC(=O)O)n1. The Hall–Kier alpha value is -0.900. The van der Waals surface area contributed by atoms with Crippen molar-refractivity contribution < 1.29 is 9.90 Å². The molecule has 1 N–H and O–H groups in total. The van der Waals surface area contributed by atoms with Gasteiger partial charge in [0.1, 0.15) is 0 Å². The molecule has 0 saturated heterocycles. The molecule has 0 spiro atoms. The molecule has 0 atom stereocenters. The number of aromatic nitrogens is 1. The molecule has 0 saturated carbocycles. The first-order chi connectivity index (χ1) is 7.43. The van der Waals surface area contributed by atoms with Gasteiger partial charge in [0, 0.05) is 11.8 Å².